The summed E-state index contributed by atoms with van der Waals surface area (Å²) in [6.07, 6.45) is -4.84. The number of thioether (sulfide) groups is 1. The number of thiocarbonyl (C=S) groups is 1. The van der Waals surface area contributed by atoms with Crippen LogP contribution in [0.3, 0.4) is 0 Å². The Labute approximate surface area is 184 Å². The second-order valence-electron chi connectivity index (χ2n) is 6.60. The van der Waals surface area contributed by atoms with Gasteiger partial charge < -0.3 is 28.4 Å². The Morgan fingerprint density at radius 3 is 1.83 bits per heavy atom. The predicted octanol–water partition coefficient (Wildman–Crippen LogP) is 1.51. The first kappa shape index (κ1) is 26.1. The molecule has 0 amide bonds. The van der Waals surface area contributed by atoms with E-state index in [1.165, 1.54) is 13.8 Å². The molecule has 1 heterocycles. The maximum atomic E-state index is 11.7. The van der Waals surface area contributed by atoms with Gasteiger partial charge in [-0.2, -0.15) is 0 Å². The third kappa shape index (κ3) is 8.84. The van der Waals surface area contributed by atoms with Gasteiger partial charge in [0.1, 0.15) is 12.7 Å². The van der Waals surface area contributed by atoms with E-state index >= 15 is 0 Å². The van der Waals surface area contributed by atoms with Crippen LogP contribution < -0.4 is 0 Å². The van der Waals surface area contributed by atoms with Crippen LogP contribution in [0.1, 0.15) is 41.5 Å². The summed E-state index contributed by atoms with van der Waals surface area (Å²) >= 11 is 6.12. The zero-order chi connectivity index (χ0) is 23.0. The summed E-state index contributed by atoms with van der Waals surface area (Å²) in [5, 5.41) is 0. The highest BCUT2D eigenvalue weighted by Gasteiger charge is 2.52. The van der Waals surface area contributed by atoms with E-state index < -0.39 is 53.7 Å². The topological polar surface area (TPSA) is 124 Å². The van der Waals surface area contributed by atoms with Gasteiger partial charge in [0.2, 0.25) is 4.38 Å². The van der Waals surface area contributed by atoms with Crippen LogP contribution in [-0.2, 0) is 47.6 Å². The molecule has 0 aromatic heterocycles. The summed E-state index contributed by atoms with van der Waals surface area (Å²) in [4.78, 5) is 46.4. The van der Waals surface area contributed by atoms with Crippen molar-refractivity contribution < 1.29 is 47.6 Å². The van der Waals surface area contributed by atoms with Crippen LogP contribution in [0.15, 0.2) is 0 Å². The standard InChI is InChI=1S/C18H26O10S2/c1-8(2)24-18(29)30-17-16(27-12(6)22)15(26-11(5)21)14(25-10(4)20)13(28-17)7-23-9(3)19/h8,13-17H,7H2,1-6H3/t13-,14-,15+,16-,17?/m1/s1. The molecule has 5 atom stereocenters. The van der Waals surface area contributed by atoms with Crippen molar-refractivity contribution in [1.82, 2.24) is 0 Å². The van der Waals surface area contributed by atoms with Crippen LogP contribution in [0.2, 0.25) is 0 Å². The number of esters is 4. The molecule has 10 nitrogen and oxygen atoms in total. The van der Waals surface area contributed by atoms with Gasteiger partial charge in [-0.15, -0.1) is 0 Å². The lowest BCUT2D eigenvalue weighted by atomic mass is 9.99. The van der Waals surface area contributed by atoms with Gasteiger partial charge in [-0.1, -0.05) is 0 Å². The third-order valence-electron chi connectivity index (χ3n) is 3.49. The van der Waals surface area contributed by atoms with Crippen molar-refractivity contribution in [2.45, 2.75) is 77.5 Å². The van der Waals surface area contributed by atoms with Crippen LogP contribution in [-0.4, -0.2) is 70.8 Å². The van der Waals surface area contributed by atoms with E-state index in [1.54, 1.807) is 13.8 Å². The van der Waals surface area contributed by atoms with E-state index in [4.69, 9.17) is 40.6 Å². The minimum atomic E-state index is -1.23. The highest BCUT2D eigenvalue weighted by molar-refractivity contribution is 8.22. The van der Waals surface area contributed by atoms with Gasteiger partial charge in [-0.3, -0.25) is 19.2 Å². The first-order valence-corrected chi connectivity index (χ1v) is 10.4. The summed E-state index contributed by atoms with van der Waals surface area (Å²) in [6.45, 7) is 7.93. The molecule has 0 aromatic carbocycles. The molecule has 1 fully saturated rings. The summed E-state index contributed by atoms with van der Waals surface area (Å²) in [6, 6.07) is 0. The van der Waals surface area contributed by atoms with Crippen molar-refractivity contribution in [2.75, 3.05) is 6.61 Å². The molecule has 0 aliphatic carbocycles. The molecule has 0 saturated carbocycles. The highest BCUT2D eigenvalue weighted by Crippen LogP contribution is 2.35. The fraction of sp³-hybridized carbons (Fsp3) is 0.722. The van der Waals surface area contributed by atoms with E-state index in [0.29, 0.717) is 0 Å². The molecule has 30 heavy (non-hydrogen) atoms. The average Bonchev–Trinajstić information content (AvgIpc) is 2.56. The van der Waals surface area contributed by atoms with Gasteiger partial charge in [0.15, 0.2) is 23.7 Å². The van der Waals surface area contributed by atoms with Gasteiger partial charge in [-0.25, -0.2) is 0 Å². The molecule has 170 valence electrons. The lowest BCUT2D eigenvalue weighted by Crippen LogP contribution is -2.61. The molecule has 1 aliphatic rings. The fourth-order valence-corrected chi connectivity index (χ4v) is 4.06. The molecule has 12 heteroatoms. The Bertz CT molecular complexity index is 665. The van der Waals surface area contributed by atoms with Gasteiger partial charge in [0.25, 0.3) is 0 Å². The first-order chi connectivity index (χ1) is 13.9. The van der Waals surface area contributed by atoms with Crippen molar-refractivity contribution >= 4 is 52.2 Å². The first-order valence-electron chi connectivity index (χ1n) is 9.08. The average molecular weight is 467 g/mol. The van der Waals surface area contributed by atoms with E-state index in [9.17, 15) is 19.2 Å². The normalized spacial score (nSPS) is 25.8. The van der Waals surface area contributed by atoms with Crippen LogP contribution >= 0.6 is 24.0 Å². The van der Waals surface area contributed by atoms with Gasteiger partial charge >= 0.3 is 23.9 Å². The molecule has 1 aliphatic heterocycles. The Morgan fingerprint density at radius 1 is 0.867 bits per heavy atom. The number of hydrogen-bond donors (Lipinski definition) is 0. The lowest BCUT2D eigenvalue weighted by molar-refractivity contribution is -0.237. The summed E-state index contributed by atoms with van der Waals surface area (Å²) in [7, 11) is 0. The maximum absolute atomic E-state index is 11.7. The van der Waals surface area contributed by atoms with Crippen LogP contribution in [0.25, 0.3) is 0 Å². The summed E-state index contributed by atoms with van der Waals surface area (Å²) in [5.41, 5.74) is -0.989. The Hall–Kier alpha value is -1.92. The number of hydrogen-bond acceptors (Lipinski definition) is 12. The quantitative estimate of drug-likeness (QED) is 0.307. The summed E-state index contributed by atoms with van der Waals surface area (Å²) in [5.74, 6) is -2.66. The second kappa shape index (κ2) is 12.1. The number of rotatable bonds is 7. The molecule has 1 saturated heterocycles. The molecule has 0 bridgehead atoms. The van der Waals surface area contributed by atoms with Gasteiger partial charge in [0, 0.05) is 27.7 Å². The van der Waals surface area contributed by atoms with Crippen molar-refractivity contribution in [3.63, 3.8) is 0 Å². The van der Waals surface area contributed by atoms with Gasteiger partial charge in [0.05, 0.1) is 6.10 Å². The van der Waals surface area contributed by atoms with Crippen molar-refractivity contribution in [3.8, 4) is 0 Å². The zero-order valence-electron chi connectivity index (χ0n) is 17.6. The number of carbonyl (C=O) groups is 4. The molecule has 0 spiro atoms. The van der Waals surface area contributed by atoms with Crippen molar-refractivity contribution in [3.05, 3.63) is 0 Å². The Kier molecular flexibility index (Phi) is 10.5. The van der Waals surface area contributed by atoms with Crippen molar-refractivity contribution in [1.29, 1.82) is 0 Å². The van der Waals surface area contributed by atoms with E-state index in [1.807, 2.05) is 0 Å². The molecular weight excluding hydrogens is 440 g/mol. The molecule has 1 unspecified atom stereocenters. The second-order valence-corrected chi connectivity index (χ2v) is 8.30. The Morgan fingerprint density at radius 2 is 1.37 bits per heavy atom. The SMILES string of the molecule is CC(=O)OC[C@H]1OC(SC(=S)OC(C)C)[C@H](OC(C)=O)[C@@H](OC(C)=O)[C@@H]1OC(C)=O. The summed E-state index contributed by atoms with van der Waals surface area (Å²) < 4.78 is 32.4. The third-order valence-corrected chi connectivity index (χ3v) is 4.78. The van der Waals surface area contributed by atoms with Crippen molar-refractivity contribution in [2.24, 2.45) is 0 Å². The lowest BCUT2D eigenvalue weighted by Gasteiger charge is -2.44. The maximum Gasteiger partial charge on any atom is 0.303 e. The minimum absolute atomic E-state index is 0.103. The largest absolute Gasteiger partial charge is 0.476 e. The van der Waals surface area contributed by atoms with Crippen LogP contribution in [0.4, 0.5) is 0 Å². The molecule has 0 radical (unpaired) electrons. The molecule has 0 aromatic rings. The van der Waals surface area contributed by atoms with E-state index in [-0.39, 0.29) is 17.1 Å². The van der Waals surface area contributed by atoms with Crippen LogP contribution in [0, 0.1) is 0 Å². The highest BCUT2D eigenvalue weighted by atomic mass is 32.2. The number of carbonyl (C=O) groups excluding carboxylic acids is 4. The van der Waals surface area contributed by atoms with E-state index in [0.717, 1.165) is 25.6 Å². The molecule has 1 rings (SSSR count). The fourth-order valence-electron chi connectivity index (χ4n) is 2.60. The van der Waals surface area contributed by atoms with Crippen LogP contribution in [0.5, 0.6) is 0 Å². The smallest absolute Gasteiger partial charge is 0.303 e. The predicted molar refractivity (Wildman–Crippen MR) is 108 cm³/mol. The van der Waals surface area contributed by atoms with E-state index in [2.05, 4.69) is 0 Å². The number of ether oxygens (including phenoxy) is 6. The zero-order valence-corrected chi connectivity index (χ0v) is 19.2. The molecule has 0 N–H and O–H groups in total. The molecular formula is C18H26O10S2. The monoisotopic (exact) mass is 466 g/mol. The minimum Gasteiger partial charge on any atom is -0.476 e. The Balaban J connectivity index is 3.30. The van der Waals surface area contributed by atoms with Gasteiger partial charge in [-0.05, 0) is 37.8 Å².